The number of carbonyl (C=O) groups excluding carboxylic acids is 1. The maximum absolute atomic E-state index is 12.6. The predicted molar refractivity (Wildman–Crippen MR) is 119 cm³/mol. The molecule has 0 spiro atoms. The molecule has 1 amide bonds. The van der Waals surface area contributed by atoms with Crippen molar-refractivity contribution in [3.05, 3.63) is 53.2 Å². The van der Waals surface area contributed by atoms with Crippen molar-refractivity contribution in [2.24, 2.45) is 0 Å². The topological polar surface area (TPSA) is 73.0 Å². The van der Waals surface area contributed by atoms with Gasteiger partial charge >= 0.3 is 0 Å². The van der Waals surface area contributed by atoms with Crippen molar-refractivity contribution in [1.29, 1.82) is 0 Å². The molecule has 2 heterocycles. The first-order valence-corrected chi connectivity index (χ1v) is 11.6. The highest BCUT2D eigenvalue weighted by Gasteiger charge is 2.25. The smallest absolute Gasteiger partial charge is 0.230 e. The summed E-state index contributed by atoms with van der Waals surface area (Å²) in [6.07, 6.45) is 7.49. The van der Waals surface area contributed by atoms with E-state index < -0.39 is 0 Å². The minimum absolute atomic E-state index is 0.0507. The molecule has 6 nitrogen and oxygen atoms in total. The molecule has 0 bridgehead atoms. The van der Waals surface area contributed by atoms with Crippen LogP contribution in [-0.4, -0.2) is 26.4 Å². The lowest BCUT2D eigenvalue weighted by atomic mass is 9.95. The molecule has 0 aliphatic heterocycles. The first kappa shape index (κ1) is 21.0. The average molecular weight is 445 g/mol. The van der Waals surface area contributed by atoms with E-state index in [9.17, 15) is 4.79 Å². The molecule has 1 aromatic carbocycles. The van der Waals surface area contributed by atoms with Crippen LogP contribution in [0.1, 0.15) is 56.7 Å². The quantitative estimate of drug-likeness (QED) is 0.475. The van der Waals surface area contributed by atoms with Crippen molar-refractivity contribution in [3.63, 3.8) is 0 Å². The summed E-state index contributed by atoms with van der Waals surface area (Å²) in [5.74, 6) is 1.67. The average Bonchev–Trinajstić information content (AvgIpc) is 3.42. The molecule has 1 aliphatic carbocycles. The van der Waals surface area contributed by atoms with Gasteiger partial charge in [-0.3, -0.25) is 9.36 Å². The van der Waals surface area contributed by atoms with E-state index in [1.54, 1.807) is 6.26 Å². The number of nitrogens with one attached hydrogen (secondary N) is 1. The highest BCUT2D eigenvalue weighted by molar-refractivity contribution is 7.99. The van der Waals surface area contributed by atoms with E-state index >= 15 is 0 Å². The summed E-state index contributed by atoms with van der Waals surface area (Å²) >= 11 is 7.48. The molecular weight excluding hydrogens is 420 g/mol. The van der Waals surface area contributed by atoms with Gasteiger partial charge in [0, 0.05) is 11.1 Å². The Hall–Kier alpha value is -2.25. The molecule has 8 heteroatoms. The normalized spacial score (nSPS) is 15.8. The first-order valence-electron chi connectivity index (χ1n) is 10.3. The van der Waals surface area contributed by atoms with Crippen molar-refractivity contribution in [2.75, 3.05) is 5.75 Å². The Morgan fingerprint density at radius 3 is 2.83 bits per heavy atom. The van der Waals surface area contributed by atoms with E-state index in [1.165, 1.54) is 31.0 Å². The highest BCUT2D eigenvalue weighted by Crippen LogP contribution is 2.35. The number of halogens is 1. The van der Waals surface area contributed by atoms with Crippen LogP contribution >= 0.6 is 23.4 Å². The van der Waals surface area contributed by atoms with E-state index in [2.05, 4.69) is 20.1 Å². The second-order valence-electron chi connectivity index (χ2n) is 7.58. The summed E-state index contributed by atoms with van der Waals surface area (Å²) in [7, 11) is 0. The number of thioether (sulfide) groups is 1. The Morgan fingerprint density at radius 1 is 1.27 bits per heavy atom. The number of carbonyl (C=O) groups is 1. The molecule has 1 N–H and O–H groups in total. The maximum atomic E-state index is 12.6. The Kier molecular flexibility index (Phi) is 6.79. The monoisotopic (exact) mass is 444 g/mol. The van der Waals surface area contributed by atoms with Gasteiger partial charge in [-0.2, -0.15) is 0 Å². The molecule has 0 radical (unpaired) electrons. The number of nitrogens with zero attached hydrogens (tertiary/aromatic N) is 3. The van der Waals surface area contributed by atoms with Gasteiger partial charge < -0.3 is 9.73 Å². The Labute approximate surface area is 185 Å². The molecule has 1 fully saturated rings. The fourth-order valence-electron chi connectivity index (χ4n) is 3.89. The summed E-state index contributed by atoms with van der Waals surface area (Å²) in [6.45, 7) is 1.95. The van der Waals surface area contributed by atoms with Crippen molar-refractivity contribution in [3.8, 4) is 11.6 Å². The van der Waals surface area contributed by atoms with Gasteiger partial charge in [0.15, 0.2) is 10.9 Å². The minimum Gasteiger partial charge on any atom is -0.461 e. The molecule has 158 valence electrons. The van der Waals surface area contributed by atoms with E-state index in [1.807, 2.05) is 43.3 Å². The van der Waals surface area contributed by atoms with Crippen LogP contribution in [0.25, 0.3) is 11.6 Å². The Balaban J connectivity index is 1.45. The standard InChI is InChI=1S/C22H25ClN4O2S/c1-15(16-7-5-8-17(23)13-16)24-20(28)14-30-22-26-25-21(19-11-6-12-29-19)27(22)18-9-3-2-4-10-18/h5-8,11-13,15,18H,2-4,9-10,14H2,1H3,(H,24,28). The van der Waals surface area contributed by atoms with E-state index in [0.29, 0.717) is 16.8 Å². The summed E-state index contributed by atoms with van der Waals surface area (Å²) in [5, 5.41) is 13.2. The van der Waals surface area contributed by atoms with E-state index in [0.717, 1.165) is 29.4 Å². The molecule has 1 atom stereocenters. The molecule has 30 heavy (non-hydrogen) atoms. The lowest BCUT2D eigenvalue weighted by Crippen LogP contribution is -2.28. The molecule has 1 aliphatic rings. The van der Waals surface area contributed by atoms with Crippen molar-refractivity contribution < 1.29 is 9.21 Å². The number of aromatic nitrogens is 3. The Morgan fingerprint density at radius 2 is 2.10 bits per heavy atom. The Bertz CT molecular complexity index is 983. The van der Waals surface area contributed by atoms with Crippen LogP contribution in [0, 0.1) is 0 Å². The van der Waals surface area contributed by atoms with Gasteiger partial charge in [-0.1, -0.05) is 54.8 Å². The minimum atomic E-state index is -0.119. The second-order valence-corrected chi connectivity index (χ2v) is 8.96. The van der Waals surface area contributed by atoms with Gasteiger partial charge in [-0.05, 0) is 49.6 Å². The fourth-order valence-corrected chi connectivity index (χ4v) is 4.91. The zero-order valence-electron chi connectivity index (χ0n) is 16.9. The van der Waals surface area contributed by atoms with Crippen LogP contribution in [0.15, 0.2) is 52.2 Å². The van der Waals surface area contributed by atoms with Crippen molar-refractivity contribution >= 4 is 29.3 Å². The number of amides is 1. The summed E-state index contributed by atoms with van der Waals surface area (Å²) in [5.41, 5.74) is 0.978. The SMILES string of the molecule is CC(NC(=O)CSc1nnc(-c2ccco2)n1C1CCCCC1)c1cccc(Cl)c1. The van der Waals surface area contributed by atoms with Crippen LogP contribution in [0.2, 0.25) is 5.02 Å². The number of benzene rings is 1. The lowest BCUT2D eigenvalue weighted by Gasteiger charge is -2.25. The van der Waals surface area contributed by atoms with Gasteiger partial charge in [-0.15, -0.1) is 10.2 Å². The zero-order chi connectivity index (χ0) is 20.9. The third kappa shape index (κ3) is 4.90. The lowest BCUT2D eigenvalue weighted by molar-refractivity contribution is -0.119. The van der Waals surface area contributed by atoms with Gasteiger partial charge in [0.25, 0.3) is 0 Å². The van der Waals surface area contributed by atoms with E-state index in [-0.39, 0.29) is 17.7 Å². The molecule has 1 unspecified atom stereocenters. The van der Waals surface area contributed by atoms with Gasteiger partial charge in [0.1, 0.15) is 0 Å². The van der Waals surface area contributed by atoms with Gasteiger partial charge in [0.2, 0.25) is 11.7 Å². The molecule has 3 aromatic rings. The zero-order valence-corrected chi connectivity index (χ0v) is 18.5. The molecule has 4 rings (SSSR count). The number of hydrogen-bond donors (Lipinski definition) is 1. The number of rotatable bonds is 7. The third-order valence-electron chi connectivity index (χ3n) is 5.40. The van der Waals surface area contributed by atoms with Crippen LogP contribution in [-0.2, 0) is 4.79 Å². The first-order chi connectivity index (χ1) is 14.6. The summed E-state index contributed by atoms with van der Waals surface area (Å²) < 4.78 is 7.74. The van der Waals surface area contributed by atoms with Crippen molar-refractivity contribution in [2.45, 2.75) is 56.3 Å². The highest BCUT2D eigenvalue weighted by atomic mass is 35.5. The van der Waals surface area contributed by atoms with Gasteiger partial charge in [0.05, 0.1) is 18.1 Å². The van der Waals surface area contributed by atoms with Gasteiger partial charge in [-0.25, -0.2) is 0 Å². The number of hydrogen-bond acceptors (Lipinski definition) is 5. The fraction of sp³-hybridized carbons (Fsp3) is 0.409. The molecular formula is C22H25ClN4O2S. The maximum Gasteiger partial charge on any atom is 0.230 e. The number of furan rings is 1. The predicted octanol–water partition coefficient (Wildman–Crippen LogP) is 5.67. The van der Waals surface area contributed by atoms with Crippen LogP contribution in [0.3, 0.4) is 0 Å². The largest absolute Gasteiger partial charge is 0.461 e. The summed E-state index contributed by atoms with van der Waals surface area (Å²) in [4.78, 5) is 12.6. The molecule has 1 saturated carbocycles. The third-order valence-corrected chi connectivity index (χ3v) is 6.58. The van der Waals surface area contributed by atoms with Crippen LogP contribution < -0.4 is 5.32 Å². The van der Waals surface area contributed by atoms with Crippen LogP contribution in [0.4, 0.5) is 0 Å². The van der Waals surface area contributed by atoms with Crippen LogP contribution in [0.5, 0.6) is 0 Å². The molecule has 2 aromatic heterocycles. The summed E-state index contributed by atoms with van der Waals surface area (Å²) in [6, 6.07) is 11.5. The second kappa shape index (κ2) is 9.71. The van der Waals surface area contributed by atoms with Crippen molar-refractivity contribution in [1.82, 2.24) is 20.1 Å². The van der Waals surface area contributed by atoms with E-state index in [4.69, 9.17) is 16.0 Å². The molecule has 0 saturated heterocycles.